The highest BCUT2D eigenvalue weighted by Crippen LogP contribution is 2.30. The van der Waals surface area contributed by atoms with Gasteiger partial charge in [-0.15, -0.1) is 11.8 Å². The van der Waals surface area contributed by atoms with Gasteiger partial charge in [0, 0.05) is 23.2 Å². The van der Waals surface area contributed by atoms with Crippen molar-refractivity contribution in [3.05, 3.63) is 60.2 Å². The number of aromatic nitrogens is 3. The number of halogens is 1. The number of hydrogen-bond acceptors (Lipinski definition) is 4. The van der Waals surface area contributed by atoms with E-state index in [1.807, 2.05) is 30.3 Å². The molecular formula is C24H27FN4S. The molecule has 2 heterocycles. The third kappa shape index (κ3) is 4.43. The summed E-state index contributed by atoms with van der Waals surface area (Å²) in [5, 5.41) is 1.11. The lowest BCUT2D eigenvalue weighted by Crippen LogP contribution is -2.05. The summed E-state index contributed by atoms with van der Waals surface area (Å²) < 4.78 is 15.4. The van der Waals surface area contributed by atoms with Crippen LogP contribution in [0.4, 0.5) is 10.2 Å². The smallest absolute Gasteiger partial charge is 0.152 e. The van der Waals surface area contributed by atoms with Crippen molar-refractivity contribution < 1.29 is 4.39 Å². The minimum atomic E-state index is -0.188. The number of aryl methyl sites for hydroxylation is 2. The van der Waals surface area contributed by atoms with Gasteiger partial charge in [0.25, 0.3) is 0 Å². The molecule has 0 bridgehead atoms. The largest absolute Gasteiger partial charge is 0.382 e. The Morgan fingerprint density at radius 1 is 1.00 bits per heavy atom. The zero-order valence-corrected chi connectivity index (χ0v) is 18.1. The first-order valence-corrected chi connectivity index (χ1v) is 11.6. The van der Waals surface area contributed by atoms with Crippen molar-refractivity contribution in [1.82, 2.24) is 14.5 Å². The maximum Gasteiger partial charge on any atom is 0.152 e. The fourth-order valence-electron chi connectivity index (χ4n) is 3.76. The van der Waals surface area contributed by atoms with Crippen LogP contribution in [0.15, 0.2) is 53.4 Å². The molecule has 0 amide bonds. The van der Waals surface area contributed by atoms with Crippen LogP contribution < -0.4 is 5.73 Å². The molecule has 0 unspecified atom stereocenters. The summed E-state index contributed by atoms with van der Waals surface area (Å²) in [6.45, 7) is 3.11. The Bertz CT molecular complexity index is 1140. The summed E-state index contributed by atoms with van der Waals surface area (Å²) >= 11 is 1.77. The van der Waals surface area contributed by atoms with Crippen molar-refractivity contribution in [3.63, 3.8) is 0 Å². The zero-order valence-electron chi connectivity index (χ0n) is 17.3. The van der Waals surface area contributed by atoms with Gasteiger partial charge in [-0.3, -0.25) is 0 Å². The van der Waals surface area contributed by atoms with Gasteiger partial charge < -0.3 is 10.3 Å². The summed E-state index contributed by atoms with van der Waals surface area (Å²) in [6, 6.07) is 14.9. The Morgan fingerprint density at radius 3 is 2.60 bits per heavy atom. The molecule has 2 aromatic carbocycles. The minimum Gasteiger partial charge on any atom is -0.382 e. The van der Waals surface area contributed by atoms with Crippen LogP contribution in [0.25, 0.3) is 21.9 Å². The van der Waals surface area contributed by atoms with Gasteiger partial charge in [-0.2, -0.15) is 0 Å². The number of para-hydroxylation sites is 1. The Morgan fingerprint density at radius 2 is 1.80 bits per heavy atom. The number of nitrogen functional groups attached to an aromatic ring is 1. The normalized spacial score (nSPS) is 11.5. The number of pyridine rings is 1. The summed E-state index contributed by atoms with van der Waals surface area (Å²) in [5.74, 6) is 2.43. The second kappa shape index (κ2) is 9.47. The number of nitrogens with two attached hydrogens (primary N) is 1. The number of imidazole rings is 1. The van der Waals surface area contributed by atoms with E-state index in [1.54, 1.807) is 11.8 Å². The number of nitrogens with zero attached hydrogens (tertiary/aromatic N) is 3. The first kappa shape index (κ1) is 20.7. The van der Waals surface area contributed by atoms with Gasteiger partial charge in [0.1, 0.15) is 17.2 Å². The summed E-state index contributed by atoms with van der Waals surface area (Å²) in [6.07, 6.45) is 5.31. The molecule has 0 aliphatic rings. The van der Waals surface area contributed by atoms with Crippen LogP contribution >= 0.6 is 11.8 Å². The van der Waals surface area contributed by atoms with Crippen LogP contribution in [0.5, 0.6) is 0 Å². The lowest BCUT2D eigenvalue weighted by atomic mass is 10.2. The van der Waals surface area contributed by atoms with Gasteiger partial charge in [0.05, 0.1) is 11.0 Å². The predicted molar refractivity (Wildman–Crippen MR) is 124 cm³/mol. The van der Waals surface area contributed by atoms with Gasteiger partial charge in [-0.05, 0) is 55.3 Å². The SMILES string of the molecule is CCCCc1nc2c(N)nc3ccccc3c2n1CCCCSc1ccc(F)cc1. The number of hydrogen-bond donors (Lipinski definition) is 1. The van der Waals surface area contributed by atoms with E-state index in [2.05, 4.69) is 22.5 Å². The van der Waals surface area contributed by atoms with Gasteiger partial charge in [-0.1, -0.05) is 31.5 Å². The van der Waals surface area contributed by atoms with Gasteiger partial charge in [-0.25, -0.2) is 14.4 Å². The molecule has 0 saturated heterocycles. The molecule has 0 aliphatic heterocycles. The highest BCUT2D eigenvalue weighted by atomic mass is 32.2. The van der Waals surface area contributed by atoms with Crippen molar-refractivity contribution >= 4 is 39.5 Å². The van der Waals surface area contributed by atoms with E-state index in [0.29, 0.717) is 5.82 Å². The Labute approximate surface area is 180 Å². The first-order valence-electron chi connectivity index (χ1n) is 10.6. The molecule has 0 fully saturated rings. The molecule has 30 heavy (non-hydrogen) atoms. The fraction of sp³-hybridized carbons (Fsp3) is 0.333. The van der Waals surface area contributed by atoms with Crippen LogP contribution in [-0.2, 0) is 13.0 Å². The van der Waals surface area contributed by atoms with E-state index in [9.17, 15) is 4.39 Å². The Balaban J connectivity index is 1.54. The number of fused-ring (bicyclic) bond motifs is 3. The average molecular weight is 423 g/mol. The van der Waals surface area contributed by atoms with Crippen LogP contribution in [0.2, 0.25) is 0 Å². The van der Waals surface area contributed by atoms with Crippen LogP contribution in [0.1, 0.15) is 38.4 Å². The number of benzene rings is 2. The zero-order chi connectivity index (χ0) is 20.9. The minimum absolute atomic E-state index is 0.188. The maximum atomic E-state index is 13.0. The van der Waals surface area contributed by atoms with E-state index >= 15 is 0 Å². The summed E-state index contributed by atoms with van der Waals surface area (Å²) in [5.41, 5.74) is 9.11. The first-order chi connectivity index (χ1) is 14.7. The monoisotopic (exact) mass is 422 g/mol. The van der Waals surface area contributed by atoms with Gasteiger partial charge >= 0.3 is 0 Å². The van der Waals surface area contributed by atoms with E-state index in [4.69, 9.17) is 10.7 Å². The lowest BCUT2D eigenvalue weighted by molar-refractivity contribution is 0.607. The van der Waals surface area contributed by atoms with Crippen molar-refractivity contribution in [1.29, 1.82) is 0 Å². The van der Waals surface area contributed by atoms with E-state index in [-0.39, 0.29) is 5.82 Å². The molecule has 0 spiro atoms. The average Bonchev–Trinajstić information content (AvgIpc) is 3.13. The number of thioether (sulfide) groups is 1. The third-order valence-corrected chi connectivity index (χ3v) is 6.40. The fourth-order valence-corrected chi connectivity index (χ4v) is 4.68. The summed E-state index contributed by atoms with van der Waals surface area (Å²) in [4.78, 5) is 10.6. The van der Waals surface area contributed by atoms with Gasteiger partial charge in [0.15, 0.2) is 5.82 Å². The second-order valence-corrected chi connectivity index (χ2v) is 8.67. The number of rotatable bonds is 9. The summed E-state index contributed by atoms with van der Waals surface area (Å²) in [7, 11) is 0. The van der Waals surface area contributed by atoms with Gasteiger partial charge in [0.2, 0.25) is 0 Å². The molecule has 4 aromatic rings. The predicted octanol–water partition coefficient (Wildman–Crippen LogP) is 6.22. The topological polar surface area (TPSA) is 56.7 Å². The quantitative estimate of drug-likeness (QED) is 0.257. The highest BCUT2D eigenvalue weighted by molar-refractivity contribution is 7.99. The van der Waals surface area contributed by atoms with Crippen molar-refractivity contribution in [2.75, 3.05) is 11.5 Å². The van der Waals surface area contributed by atoms with E-state index in [0.717, 1.165) is 77.1 Å². The Kier molecular flexibility index (Phi) is 6.53. The van der Waals surface area contributed by atoms with Crippen LogP contribution in [0, 0.1) is 5.82 Å². The highest BCUT2D eigenvalue weighted by Gasteiger charge is 2.16. The molecule has 4 rings (SSSR count). The van der Waals surface area contributed by atoms with Crippen molar-refractivity contribution in [2.24, 2.45) is 0 Å². The molecule has 6 heteroatoms. The maximum absolute atomic E-state index is 13.0. The third-order valence-electron chi connectivity index (χ3n) is 5.30. The molecule has 4 nitrogen and oxygen atoms in total. The van der Waals surface area contributed by atoms with Crippen molar-refractivity contribution in [2.45, 2.75) is 50.5 Å². The molecule has 156 valence electrons. The number of unbranched alkanes of at least 4 members (excludes halogenated alkanes) is 2. The molecule has 0 radical (unpaired) electrons. The standard InChI is InChI=1S/C24H27FN4S/c1-2-3-10-21-28-22-23(19-8-4-5-9-20(19)27-24(22)26)29(21)15-6-7-16-30-18-13-11-17(25)12-14-18/h4-5,8-9,11-14H,2-3,6-7,10,15-16H2,1H3,(H2,26,27). The molecular weight excluding hydrogens is 395 g/mol. The molecule has 0 saturated carbocycles. The van der Waals surface area contributed by atoms with Crippen LogP contribution in [-0.4, -0.2) is 20.3 Å². The molecule has 0 aliphatic carbocycles. The second-order valence-electron chi connectivity index (χ2n) is 7.50. The molecule has 2 aromatic heterocycles. The van der Waals surface area contributed by atoms with Crippen molar-refractivity contribution in [3.8, 4) is 0 Å². The van der Waals surface area contributed by atoms with Crippen LogP contribution in [0.3, 0.4) is 0 Å². The Hall–Kier alpha value is -2.60. The molecule has 0 atom stereocenters. The molecule has 2 N–H and O–H groups in total. The van der Waals surface area contributed by atoms with E-state index in [1.165, 1.54) is 12.1 Å². The lowest BCUT2D eigenvalue weighted by Gasteiger charge is -2.11. The number of anilines is 1. The van der Waals surface area contributed by atoms with E-state index < -0.39 is 0 Å².